The van der Waals surface area contributed by atoms with Crippen LogP contribution in [0.1, 0.15) is 265 Å². The van der Waals surface area contributed by atoms with Crippen molar-refractivity contribution in [3.8, 4) is 0 Å². The molecular weight excluding hydrogens is 1020 g/mol. The minimum atomic E-state index is -1.92. The minimum absolute atomic E-state index is 0.0462. The summed E-state index contributed by atoms with van der Waals surface area (Å²) >= 11 is 0. The predicted octanol–water partition coefficient (Wildman–Crippen LogP) is 17.2. The lowest BCUT2D eigenvalue weighted by Gasteiger charge is -2.40. The molecule has 0 aromatic heterocycles. The Morgan fingerprint density at radius 2 is 0.778 bits per heavy atom. The Kier molecular flexibility index (Phi) is 51.7. The van der Waals surface area contributed by atoms with Gasteiger partial charge in [-0.25, -0.2) is 4.79 Å². The first kappa shape index (κ1) is 74.7. The zero-order valence-corrected chi connectivity index (χ0v) is 51.0. The van der Waals surface area contributed by atoms with E-state index >= 15 is 0 Å². The number of carbonyl (C=O) groups excluding carboxylic acids is 3. The lowest BCUT2D eigenvalue weighted by molar-refractivity contribution is -0.301. The molecule has 6 atom stereocenters. The number of allylic oxidation sites excluding steroid dienone is 16. The van der Waals surface area contributed by atoms with Crippen LogP contribution < -0.4 is 0 Å². The molecule has 1 aliphatic heterocycles. The number of aliphatic hydroxyl groups is 2. The summed E-state index contributed by atoms with van der Waals surface area (Å²) in [7, 11) is 0. The molecule has 0 amide bonds. The fourth-order valence-electron chi connectivity index (χ4n) is 9.18. The summed E-state index contributed by atoms with van der Waals surface area (Å²) < 4.78 is 28.5. The first-order valence-corrected chi connectivity index (χ1v) is 32.2. The van der Waals surface area contributed by atoms with E-state index in [9.17, 15) is 34.5 Å². The van der Waals surface area contributed by atoms with Gasteiger partial charge in [-0.1, -0.05) is 221 Å². The van der Waals surface area contributed by atoms with Gasteiger partial charge in [-0.3, -0.25) is 14.4 Å². The molecule has 1 aliphatic rings. The summed E-state index contributed by atoms with van der Waals surface area (Å²) in [6.45, 7) is 5.80. The Morgan fingerprint density at radius 3 is 1.21 bits per heavy atom. The molecule has 0 saturated carbocycles. The van der Waals surface area contributed by atoms with Gasteiger partial charge in [0.05, 0.1) is 6.61 Å². The van der Waals surface area contributed by atoms with Crippen molar-refractivity contribution >= 4 is 23.9 Å². The third-order valence-electron chi connectivity index (χ3n) is 14.1. The second-order valence-electron chi connectivity index (χ2n) is 21.7. The third-order valence-corrected chi connectivity index (χ3v) is 14.1. The molecule has 1 fully saturated rings. The number of unbranched alkanes of at least 4 members (excludes halogenated alkanes) is 24. The molecule has 0 radical (unpaired) electrons. The van der Waals surface area contributed by atoms with E-state index in [4.69, 9.17) is 23.7 Å². The van der Waals surface area contributed by atoms with Crippen LogP contribution in [0, 0.1) is 0 Å². The number of aliphatic hydroxyl groups excluding tert-OH is 2. The SMILES string of the molecule is CC/C=C\C/C=C\C/C=C\C/C=C\CCCCC(=O)OC(COC(=O)CCCCCCCCC/C=C\C/C=C\CCCCC)COC1OC(C(=O)O)C(O)C(O)C1OC(=O)CCCCCCCCCCC/C=C\C/C=C\CCCCC. The lowest BCUT2D eigenvalue weighted by Crippen LogP contribution is -2.61. The van der Waals surface area contributed by atoms with E-state index in [0.717, 1.165) is 116 Å². The van der Waals surface area contributed by atoms with Gasteiger partial charge in [-0.15, -0.1) is 0 Å². The Hall–Kier alpha value is -4.36. The molecule has 1 heterocycles. The average Bonchev–Trinajstić information content (AvgIpc) is 3.52. The molecule has 0 spiro atoms. The smallest absolute Gasteiger partial charge is 0.335 e. The van der Waals surface area contributed by atoms with Crippen LogP contribution in [0.15, 0.2) is 97.2 Å². The quantitative estimate of drug-likeness (QED) is 0.0228. The van der Waals surface area contributed by atoms with Gasteiger partial charge in [0.25, 0.3) is 0 Å². The molecule has 1 saturated heterocycles. The Balaban J connectivity index is 2.68. The van der Waals surface area contributed by atoms with Crippen molar-refractivity contribution in [3.63, 3.8) is 0 Å². The highest BCUT2D eigenvalue weighted by Crippen LogP contribution is 2.26. The van der Waals surface area contributed by atoms with E-state index in [0.29, 0.717) is 19.3 Å². The fraction of sp³-hybridized carbons (Fsp3) is 0.710. The molecule has 0 aliphatic carbocycles. The zero-order valence-electron chi connectivity index (χ0n) is 51.0. The Morgan fingerprint density at radius 1 is 0.420 bits per heavy atom. The summed E-state index contributed by atoms with van der Waals surface area (Å²) in [5, 5.41) is 31.6. The summed E-state index contributed by atoms with van der Waals surface area (Å²) in [4.78, 5) is 51.3. The van der Waals surface area contributed by atoms with Gasteiger partial charge < -0.3 is 39.0 Å². The standard InChI is InChI=1S/C69H114O12/c1-4-7-10-13-16-19-22-25-28-30-31-33-36-39-42-45-48-51-54-57-63(72)80-67-65(74)64(73)66(68(75)76)81-69(67)78-59-60(79-62(71)56-53-50-47-44-41-38-34-27-24-21-18-15-12-9-6-3)58-77-61(70)55-52-49-46-43-40-37-35-32-29-26-23-20-17-14-11-8-5-2/h9,12,16-21,25-29,34,41,44,60,64-67,69,73-74H,4-8,10-11,13-15,22-24,30-33,35-40,42-43,45-59H2,1-3H3,(H,75,76)/b12-9-,19-16-,20-17-,21-18-,28-25-,29-26-,34-27-,44-41-. The van der Waals surface area contributed by atoms with Gasteiger partial charge >= 0.3 is 23.9 Å². The third kappa shape index (κ3) is 45.8. The van der Waals surface area contributed by atoms with Crippen LogP contribution in [-0.4, -0.2) is 89.2 Å². The topological polar surface area (TPSA) is 175 Å². The lowest BCUT2D eigenvalue weighted by atomic mass is 9.98. The molecular formula is C69H114O12. The maximum atomic E-state index is 13.2. The summed E-state index contributed by atoms with van der Waals surface area (Å²) in [5.41, 5.74) is 0. The van der Waals surface area contributed by atoms with Crippen molar-refractivity contribution in [2.45, 2.75) is 302 Å². The molecule has 1 rings (SSSR count). The zero-order chi connectivity index (χ0) is 58.9. The number of carbonyl (C=O) groups is 4. The van der Waals surface area contributed by atoms with E-state index in [1.165, 1.54) is 89.9 Å². The van der Waals surface area contributed by atoms with Crippen molar-refractivity contribution < 1.29 is 58.2 Å². The van der Waals surface area contributed by atoms with Crippen molar-refractivity contribution in [3.05, 3.63) is 97.2 Å². The summed E-state index contributed by atoms with van der Waals surface area (Å²) in [5.74, 6) is -3.19. The van der Waals surface area contributed by atoms with Gasteiger partial charge in [0.1, 0.15) is 18.8 Å². The number of hydrogen-bond acceptors (Lipinski definition) is 11. The van der Waals surface area contributed by atoms with Gasteiger partial charge in [0, 0.05) is 19.3 Å². The van der Waals surface area contributed by atoms with Gasteiger partial charge in [-0.2, -0.15) is 0 Å². The number of ether oxygens (including phenoxy) is 5. The Bertz CT molecular complexity index is 1780. The van der Waals surface area contributed by atoms with E-state index < -0.39 is 67.3 Å². The highest BCUT2D eigenvalue weighted by atomic mass is 16.7. The number of esters is 3. The average molecular weight is 1140 g/mol. The van der Waals surface area contributed by atoms with E-state index in [1.807, 2.05) is 0 Å². The second kappa shape index (κ2) is 56.1. The number of aliphatic carboxylic acids is 1. The predicted molar refractivity (Wildman–Crippen MR) is 331 cm³/mol. The molecule has 12 nitrogen and oxygen atoms in total. The molecule has 0 aromatic carbocycles. The van der Waals surface area contributed by atoms with Crippen LogP contribution in [0.25, 0.3) is 0 Å². The normalized spacial score (nSPS) is 18.4. The van der Waals surface area contributed by atoms with Crippen LogP contribution in [0.2, 0.25) is 0 Å². The van der Waals surface area contributed by atoms with Crippen molar-refractivity contribution in [2.75, 3.05) is 13.2 Å². The second-order valence-corrected chi connectivity index (χ2v) is 21.7. The molecule has 12 heteroatoms. The van der Waals surface area contributed by atoms with Crippen molar-refractivity contribution in [1.29, 1.82) is 0 Å². The highest BCUT2D eigenvalue weighted by Gasteiger charge is 2.50. The number of carboxylic acid groups (broad SMARTS) is 1. The first-order valence-electron chi connectivity index (χ1n) is 32.2. The van der Waals surface area contributed by atoms with Gasteiger partial charge in [0.2, 0.25) is 0 Å². The number of hydrogen-bond donors (Lipinski definition) is 3. The van der Waals surface area contributed by atoms with Crippen LogP contribution >= 0.6 is 0 Å². The van der Waals surface area contributed by atoms with Gasteiger partial charge in [-0.05, 0) is 122 Å². The van der Waals surface area contributed by atoms with Crippen LogP contribution in [-0.2, 0) is 42.9 Å². The largest absolute Gasteiger partial charge is 0.479 e. The number of rotatable bonds is 54. The molecule has 0 bridgehead atoms. The molecule has 3 N–H and O–H groups in total. The molecule has 462 valence electrons. The van der Waals surface area contributed by atoms with E-state index in [-0.39, 0.29) is 25.9 Å². The highest BCUT2D eigenvalue weighted by molar-refractivity contribution is 5.74. The van der Waals surface area contributed by atoms with Crippen LogP contribution in [0.4, 0.5) is 0 Å². The van der Waals surface area contributed by atoms with Crippen molar-refractivity contribution in [1.82, 2.24) is 0 Å². The molecule has 0 aromatic rings. The number of carboxylic acids is 1. The van der Waals surface area contributed by atoms with E-state index in [1.54, 1.807) is 0 Å². The minimum Gasteiger partial charge on any atom is -0.479 e. The van der Waals surface area contributed by atoms with Crippen LogP contribution in [0.3, 0.4) is 0 Å². The summed E-state index contributed by atoms with van der Waals surface area (Å²) in [6, 6.07) is 0. The fourth-order valence-corrected chi connectivity index (χ4v) is 9.18. The molecule has 81 heavy (non-hydrogen) atoms. The van der Waals surface area contributed by atoms with Crippen LogP contribution in [0.5, 0.6) is 0 Å². The maximum absolute atomic E-state index is 13.2. The monoisotopic (exact) mass is 1130 g/mol. The molecule has 6 unspecified atom stereocenters. The van der Waals surface area contributed by atoms with E-state index in [2.05, 4.69) is 118 Å². The summed E-state index contributed by atoms with van der Waals surface area (Å²) in [6.07, 6.45) is 62.2. The first-order chi connectivity index (χ1) is 39.6. The Labute approximate surface area is 492 Å². The van der Waals surface area contributed by atoms with Crippen molar-refractivity contribution in [2.24, 2.45) is 0 Å². The van der Waals surface area contributed by atoms with Gasteiger partial charge in [0.15, 0.2) is 24.6 Å². The maximum Gasteiger partial charge on any atom is 0.335 e.